The molecule has 0 aromatic carbocycles. The molecule has 2 fully saturated rings. The van der Waals surface area contributed by atoms with Crippen LogP contribution in [0.4, 0.5) is 0 Å². The molecule has 0 spiro atoms. The summed E-state index contributed by atoms with van der Waals surface area (Å²) in [5.41, 5.74) is 0.467. The average molecular weight is 225 g/mol. The first-order chi connectivity index (χ1) is 7.69. The Morgan fingerprint density at radius 2 is 1.56 bits per heavy atom. The zero-order chi connectivity index (χ0) is 11.6. The minimum absolute atomic E-state index is 0.467. The zero-order valence-electron chi connectivity index (χ0n) is 11.2. The Kier molecular flexibility index (Phi) is 3.91. The van der Waals surface area contributed by atoms with Gasteiger partial charge in [0.15, 0.2) is 0 Å². The van der Waals surface area contributed by atoms with Gasteiger partial charge in [-0.05, 0) is 51.6 Å². The molecule has 0 aromatic rings. The van der Waals surface area contributed by atoms with Gasteiger partial charge in [0.2, 0.25) is 0 Å². The Morgan fingerprint density at radius 3 is 1.81 bits per heavy atom. The van der Waals surface area contributed by atoms with E-state index >= 15 is 0 Å². The van der Waals surface area contributed by atoms with Crippen molar-refractivity contribution in [3.05, 3.63) is 0 Å². The molecule has 2 nitrogen and oxygen atoms in total. The SMILES string of the molecule is COCC(CN(C)C)(C1CCC1)C1CCC1. The number of hydrogen-bond acceptors (Lipinski definition) is 2. The fourth-order valence-electron chi connectivity index (χ4n) is 3.70. The van der Waals surface area contributed by atoms with Crippen molar-refractivity contribution in [1.82, 2.24) is 4.90 Å². The normalized spacial score (nSPS) is 23.2. The van der Waals surface area contributed by atoms with E-state index in [1.165, 1.54) is 45.1 Å². The van der Waals surface area contributed by atoms with Crippen LogP contribution in [0.5, 0.6) is 0 Å². The third-order valence-corrected chi connectivity index (χ3v) is 4.86. The van der Waals surface area contributed by atoms with Crippen molar-refractivity contribution in [3.63, 3.8) is 0 Å². The topological polar surface area (TPSA) is 12.5 Å². The second-order valence-corrected chi connectivity index (χ2v) is 6.16. The van der Waals surface area contributed by atoms with Gasteiger partial charge in [0.1, 0.15) is 0 Å². The molecule has 0 heterocycles. The Labute approximate surface area is 100 Å². The summed E-state index contributed by atoms with van der Waals surface area (Å²) >= 11 is 0. The van der Waals surface area contributed by atoms with E-state index in [9.17, 15) is 0 Å². The van der Waals surface area contributed by atoms with Crippen molar-refractivity contribution in [2.24, 2.45) is 17.3 Å². The molecule has 0 radical (unpaired) electrons. The van der Waals surface area contributed by atoms with E-state index in [0.717, 1.165) is 18.4 Å². The van der Waals surface area contributed by atoms with Crippen LogP contribution in [0, 0.1) is 17.3 Å². The van der Waals surface area contributed by atoms with Crippen molar-refractivity contribution in [2.45, 2.75) is 38.5 Å². The number of hydrogen-bond donors (Lipinski definition) is 0. The molecule has 0 unspecified atom stereocenters. The van der Waals surface area contributed by atoms with Crippen molar-refractivity contribution in [3.8, 4) is 0 Å². The van der Waals surface area contributed by atoms with Gasteiger partial charge in [0, 0.05) is 19.1 Å². The fraction of sp³-hybridized carbons (Fsp3) is 1.00. The first-order valence-corrected chi connectivity index (χ1v) is 6.83. The molecule has 94 valence electrons. The van der Waals surface area contributed by atoms with E-state index in [2.05, 4.69) is 19.0 Å². The minimum atomic E-state index is 0.467. The van der Waals surface area contributed by atoms with E-state index in [0.29, 0.717) is 5.41 Å². The monoisotopic (exact) mass is 225 g/mol. The molecular formula is C14H27NO. The van der Waals surface area contributed by atoms with Crippen LogP contribution in [0.25, 0.3) is 0 Å². The maximum absolute atomic E-state index is 5.60. The van der Waals surface area contributed by atoms with E-state index in [4.69, 9.17) is 4.74 Å². The summed E-state index contributed by atoms with van der Waals surface area (Å²) in [5, 5.41) is 0. The highest BCUT2D eigenvalue weighted by Gasteiger charge is 2.49. The van der Waals surface area contributed by atoms with Gasteiger partial charge in [0.05, 0.1) is 6.61 Å². The van der Waals surface area contributed by atoms with E-state index in [1.54, 1.807) is 0 Å². The van der Waals surface area contributed by atoms with Gasteiger partial charge in [-0.1, -0.05) is 12.8 Å². The molecule has 0 amide bonds. The Morgan fingerprint density at radius 1 is 1.06 bits per heavy atom. The number of nitrogens with zero attached hydrogens (tertiary/aromatic N) is 1. The highest BCUT2D eigenvalue weighted by Crippen LogP contribution is 2.53. The van der Waals surface area contributed by atoms with Gasteiger partial charge in [-0.3, -0.25) is 0 Å². The predicted molar refractivity (Wildman–Crippen MR) is 67.5 cm³/mol. The second kappa shape index (κ2) is 5.05. The van der Waals surface area contributed by atoms with Crippen LogP contribution < -0.4 is 0 Å². The highest BCUT2D eigenvalue weighted by atomic mass is 16.5. The summed E-state index contributed by atoms with van der Waals surface area (Å²) in [7, 11) is 6.30. The van der Waals surface area contributed by atoms with Crippen molar-refractivity contribution < 1.29 is 4.74 Å². The fourth-order valence-corrected chi connectivity index (χ4v) is 3.70. The largest absolute Gasteiger partial charge is 0.384 e. The van der Waals surface area contributed by atoms with Gasteiger partial charge in [-0.25, -0.2) is 0 Å². The summed E-state index contributed by atoms with van der Waals surface area (Å²) < 4.78 is 5.60. The third kappa shape index (κ3) is 2.14. The van der Waals surface area contributed by atoms with Crippen LogP contribution in [0.1, 0.15) is 38.5 Å². The van der Waals surface area contributed by atoms with Crippen LogP contribution in [0.3, 0.4) is 0 Å². The Balaban J connectivity index is 2.11. The Bertz CT molecular complexity index is 205. The van der Waals surface area contributed by atoms with Gasteiger partial charge in [-0.2, -0.15) is 0 Å². The van der Waals surface area contributed by atoms with Crippen LogP contribution in [0.15, 0.2) is 0 Å². The summed E-state index contributed by atoms with van der Waals surface area (Å²) in [6.07, 6.45) is 8.63. The lowest BCUT2D eigenvalue weighted by molar-refractivity contribution is -0.0857. The first-order valence-electron chi connectivity index (χ1n) is 6.83. The van der Waals surface area contributed by atoms with Gasteiger partial charge in [0.25, 0.3) is 0 Å². The molecule has 0 atom stereocenters. The lowest BCUT2D eigenvalue weighted by Gasteiger charge is -2.54. The number of ether oxygens (including phenoxy) is 1. The zero-order valence-corrected chi connectivity index (χ0v) is 11.2. The summed E-state index contributed by atoms with van der Waals surface area (Å²) in [4.78, 5) is 2.37. The molecule has 2 saturated carbocycles. The van der Waals surface area contributed by atoms with Crippen LogP contribution >= 0.6 is 0 Å². The number of methoxy groups -OCH3 is 1. The summed E-state index contributed by atoms with van der Waals surface area (Å²) in [5.74, 6) is 1.86. The molecule has 2 heteroatoms. The quantitative estimate of drug-likeness (QED) is 0.689. The van der Waals surface area contributed by atoms with Crippen molar-refractivity contribution in [2.75, 3.05) is 34.4 Å². The molecule has 16 heavy (non-hydrogen) atoms. The second-order valence-electron chi connectivity index (χ2n) is 6.16. The molecule has 0 aliphatic heterocycles. The highest BCUT2D eigenvalue weighted by molar-refractivity contribution is 4.99. The Hall–Kier alpha value is -0.0800. The maximum Gasteiger partial charge on any atom is 0.0536 e. The molecule has 2 aliphatic rings. The average Bonchev–Trinajstić information content (AvgIpc) is 1.94. The van der Waals surface area contributed by atoms with Crippen molar-refractivity contribution in [1.29, 1.82) is 0 Å². The minimum Gasteiger partial charge on any atom is -0.384 e. The lowest BCUT2D eigenvalue weighted by Crippen LogP contribution is -2.52. The molecule has 0 aromatic heterocycles. The van der Waals surface area contributed by atoms with Crippen molar-refractivity contribution >= 4 is 0 Å². The summed E-state index contributed by atoms with van der Waals surface area (Å²) in [6.45, 7) is 2.19. The smallest absolute Gasteiger partial charge is 0.0536 e. The molecular weight excluding hydrogens is 198 g/mol. The predicted octanol–water partition coefficient (Wildman–Crippen LogP) is 2.78. The standard InChI is InChI=1S/C14H27NO/c1-15(2)10-14(11-16-3,12-6-4-7-12)13-8-5-9-13/h12-13H,4-11H2,1-3H3. The molecule has 0 bridgehead atoms. The molecule has 0 N–H and O–H groups in total. The van der Waals surface area contributed by atoms with E-state index < -0.39 is 0 Å². The third-order valence-electron chi connectivity index (χ3n) is 4.86. The molecule has 2 aliphatic carbocycles. The maximum atomic E-state index is 5.60. The van der Waals surface area contributed by atoms with Gasteiger partial charge < -0.3 is 9.64 Å². The van der Waals surface area contributed by atoms with Crippen LogP contribution in [0.2, 0.25) is 0 Å². The molecule has 0 saturated heterocycles. The van der Waals surface area contributed by atoms with Crippen LogP contribution in [-0.2, 0) is 4.74 Å². The van der Waals surface area contributed by atoms with E-state index in [-0.39, 0.29) is 0 Å². The first kappa shape index (κ1) is 12.4. The number of rotatable bonds is 6. The molecule has 2 rings (SSSR count). The summed E-state index contributed by atoms with van der Waals surface area (Å²) in [6, 6.07) is 0. The lowest BCUT2D eigenvalue weighted by atomic mass is 9.54. The van der Waals surface area contributed by atoms with Gasteiger partial charge >= 0.3 is 0 Å². The van der Waals surface area contributed by atoms with Gasteiger partial charge in [-0.15, -0.1) is 0 Å². The van der Waals surface area contributed by atoms with Crippen LogP contribution in [-0.4, -0.2) is 39.3 Å². The van der Waals surface area contributed by atoms with E-state index in [1.807, 2.05) is 7.11 Å².